The molecule has 23 heavy (non-hydrogen) atoms. The van der Waals surface area contributed by atoms with Gasteiger partial charge in [0.05, 0.1) is 6.61 Å². The summed E-state index contributed by atoms with van der Waals surface area (Å²) < 4.78 is 5.42. The summed E-state index contributed by atoms with van der Waals surface area (Å²) in [5.74, 6) is 0.561. The predicted octanol–water partition coefficient (Wildman–Crippen LogP) is -1.43. The number of aliphatic hydroxyl groups is 4. The summed E-state index contributed by atoms with van der Waals surface area (Å²) in [4.78, 5) is 4.25. The summed E-state index contributed by atoms with van der Waals surface area (Å²) in [7, 11) is 0. The molecule has 0 saturated carbocycles. The molecule has 0 amide bonds. The summed E-state index contributed by atoms with van der Waals surface area (Å²) in [5, 5.41) is 45.6. The van der Waals surface area contributed by atoms with Crippen LogP contribution in [-0.4, -0.2) is 66.6 Å². The molecule has 5 atom stereocenters. The monoisotopic (exact) mass is 322 g/mol. The highest BCUT2D eigenvalue weighted by molar-refractivity contribution is 5.58. The van der Waals surface area contributed by atoms with Crippen LogP contribution in [0.3, 0.4) is 0 Å². The molecule has 0 spiro atoms. The van der Waals surface area contributed by atoms with Crippen molar-refractivity contribution in [2.45, 2.75) is 30.5 Å². The van der Waals surface area contributed by atoms with Gasteiger partial charge in [0.25, 0.3) is 0 Å². The SMILES string of the molecule is Nc1ccc(-c2n[nH]c(C3O[C@H](CO)[C@@H](O)[C@H](O)[C@H]3O)n2)cc1. The molecule has 1 aromatic heterocycles. The molecule has 9 heteroatoms. The van der Waals surface area contributed by atoms with Crippen molar-refractivity contribution < 1.29 is 25.2 Å². The van der Waals surface area contributed by atoms with Gasteiger partial charge in [0.1, 0.15) is 30.5 Å². The molecular weight excluding hydrogens is 304 g/mol. The molecule has 2 heterocycles. The Kier molecular flexibility index (Phi) is 4.28. The first-order chi connectivity index (χ1) is 11.0. The number of aliphatic hydroxyl groups excluding tert-OH is 4. The number of H-pyrrole nitrogens is 1. The van der Waals surface area contributed by atoms with Crippen LogP contribution in [0.1, 0.15) is 11.9 Å². The van der Waals surface area contributed by atoms with Gasteiger partial charge in [0, 0.05) is 11.3 Å². The lowest BCUT2D eigenvalue weighted by Gasteiger charge is -2.38. The third-order valence-electron chi connectivity index (χ3n) is 3.83. The number of benzene rings is 1. The molecule has 3 rings (SSSR count). The number of anilines is 1. The molecule has 0 bridgehead atoms. The lowest BCUT2D eigenvalue weighted by atomic mass is 9.95. The molecule has 2 aromatic rings. The first-order valence-corrected chi connectivity index (χ1v) is 7.10. The van der Waals surface area contributed by atoms with Gasteiger partial charge < -0.3 is 30.9 Å². The number of rotatable bonds is 3. The third-order valence-corrected chi connectivity index (χ3v) is 3.83. The maximum atomic E-state index is 10.1. The van der Waals surface area contributed by atoms with Gasteiger partial charge in [-0.15, -0.1) is 0 Å². The second kappa shape index (κ2) is 6.22. The third kappa shape index (κ3) is 2.92. The van der Waals surface area contributed by atoms with Gasteiger partial charge in [-0.2, -0.15) is 5.10 Å². The Bertz CT molecular complexity index is 659. The molecule has 1 aliphatic heterocycles. The lowest BCUT2D eigenvalue weighted by molar-refractivity contribution is -0.233. The Hall–Kier alpha value is -2.04. The van der Waals surface area contributed by atoms with E-state index in [1.807, 2.05) is 0 Å². The summed E-state index contributed by atoms with van der Waals surface area (Å²) >= 11 is 0. The minimum Gasteiger partial charge on any atom is -0.399 e. The van der Waals surface area contributed by atoms with Crippen molar-refractivity contribution in [2.75, 3.05) is 12.3 Å². The van der Waals surface area contributed by atoms with Crippen LogP contribution in [0.2, 0.25) is 0 Å². The predicted molar refractivity (Wildman–Crippen MR) is 79.0 cm³/mol. The van der Waals surface area contributed by atoms with Crippen LogP contribution >= 0.6 is 0 Å². The number of ether oxygens (including phenoxy) is 1. The van der Waals surface area contributed by atoms with E-state index in [0.717, 1.165) is 0 Å². The van der Waals surface area contributed by atoms with Gasteiger partial charge in [-0.05, 0) is 24.3 Å². The van der Waals surface area contributed by atoms with Crippen molar-refractivity contribution in [1.29, 1.82) is 0 Å². The van der Waals surface area contributed by atoms with E-state index in [1.54, 1.807) is 24.3 Å². The Labute approximate surface area is 131 Å². The van der Waals surface area contributed by atoms with Gasteiger partial charge in [-0.1, -0.05) is 0 Å². The quantitative estimate of drug-likeness (QED) is 0.375. The van der Waals surface area contributed by atoms with Crippen LogP contribution in [0.5, 0.6) is 0 Å². The number of nitrogen functional groups attached to an aromatic ring is 1. The maximum absolute atomic E-state index is 10.1. The second-order valence-electron chi connectivity index (χ2n) is 5.42. The van der Waals surface area contributed by atoms with Gasteiger partial charge in [-0.3, -0.25) is 5.10 Å². The molecule has 1 unspecified atom stereocenters. The highest BCUT2D eigenvalue weighted by atomic mass is 16.5. The lowest BCUT2D eigenvalue weighted by Crippen LogP contribution is -2.55. The van der Waals surface area contributed by atoms with E-state index in [-0.39, 0.29) is 5.82 Å². The largest absolute Gasteiger partial charge is 0.399 e. The van der Waals surface area contributed by atoms with Gasteiger partial charge in [0.15, 0.2) is 11.6 Å². The Morgan fingerprint density at radius 2 is 1.78 bits per heavy atom. The summed E-state index contributed by atoms with van der Waals surface area (Å²) in [6, 6.07) is 6.91. The topological polar surface area (TPSA) is 158 Å². The standard InChI is InChI=1S/C14H18N4O5/c15-7-3-1-6(2-4-7)13-16-14(18-17-13)12-11(22)10(21)9(20)8(5-19)23-12/h1-4,8-12,19-22H,5,15H2,(H,16,17,18)/t8-,9-,10+,11-,12?/m1/s1. The van der Waals surface area contributed by atoms with Crippen LogP contribution in [0, 0.1) is 0 Å². The van der Waals surface area contributed by atoms with E-state index in [4.69, 9.17) is 10.5 Å². The fourth-order valence-corrected chi connectivity index (χ4v) is 2.49. The normalized spacial score (nSPS) is 31.2. The minimum atomic E-state index is -1.46. The number of hydrogen-bond donors (Lipinski definition) is 6. The zero-order valence-corrected chi connectivity index (χ0v) is 12.1. The van der Waals surface area contributed by atoms with Crippen LogP contribution in [-0.2, 0) is 4.74 Å². The van der Waals surface area contributed by atoms with Gasteiger partial charge >= 0.3 is 0 Å². The van der Waals surface area contributed by atoms with E-state index >= 15 is 0 Å². The molecule has 1 fully saturated rings. The number of nitrogens with two attached hydrogens (primary N) is 1. The molecule has 7 N–H and O–H groups in total. The van der Waals surface area contributed by atoms with Crippen LogP contribution in [0.25, 0.3) is 11.4 Å². The smallest absolute Gasteiger partial charge is 0.181 e. The van der Waals surface area contributed by atoms with Crippen LogP contribution < -0.4 is 5.73 Å². The molecule has 124 valence electrons. The van der Waals surface area contributed by atoms with E-state index < -0.39 is 37.1 Å². The van der Waals surface area contributed by atoms with E-state index in [9.17, 15) is 20.4 Å². The van der Waals surface area contributed by atoms with E-state index in [1.165, 1.54) is 0 Å². The molecule has 1 aliphatic rings. The molecular formula is C14H18N4O5. The number of aromatic nitrogens is 3. The molecule has 9 nitrogen and oxygen atoms in total. The molecule has 1 aromatic carbocycles. The summed E-state index contributed by atoms with van der Waals surface area (Å²) in [6.45, 7) is -0.500. The zero-order chi connectivity index (χ0) is 16.6. The Balaban J connectivity index is 1.85. The van der Waals surface area contributed by atoms with Crippen molar-refractivity contribution in [3.8, 4) is 11.4 Å². The number of nitrogens with zero attached hydrogens (tertiary/aromatic N) is 2. The first kappa shape index (κ1) is 15.8. The number of nitrogens with one attached hydrogen (secondary N) is 1. The number of hydrogen-bond acceptors (Lipinski definition) is 8. The van der Waals surface area contributed by atoms with Crippen molar-refractivity contribution in [1.82, 2.24) is 15.2 Å². The number of aromatic amines is 1. The first-order valence-electron chi connectivity index (χ1n) is 7.10. The molecule has 0 radical (unpaired) electrons. The highest BCUT2D eigenvalue weighted by Gasteiger charge is 2.45. The minimum absolute atomic E-state index is 0.189. The fourth-order valence-electron chi connectivity index (χ4n) is 2.49. The van der Waals surface area contributed by atoms with E-state index in [2.05, 4.69) is 15.2 Å². The zero-order valence-electron chi connectivity index (χ0n) is 12.1. The van der Waals surface area contributed by atoms with Crippen molar-refractivity contribution in [3.63, 3.8) is 0 Å². The molecule has 0 aliphatic carbocycles. The van der Waals surface area contributed by atoms with Crippen LogP contribution in [0.4, 0.5) is 5.69 Å². The average Bonchev–Trinajstić information content (AvgIpc) is 3.03. The van der Waals surface area contributed by atoms with Crippen molar-refractivity contribution in [3.05, 3.63) is 30.1 Å². The summed E-state index contributed by atoms with van der Waals surface area (Å²) in [5.41, 5.74) is 6.95. The van der Waals surface area contributed by atoms with Gasteiger partial charge in [-0.25, -0.2) is 4.98 Å². The highest BCUT2D eigenvalue weighted by Crippen LogP contribution is 2.31. The fraction of sp³-hybridized carbons (Fsp3) is 0.429. The van der Waals surface area contributed by atoms with E-state index in [0.29, 0.717) is 17.1 Å². The Morgan fingerprint density at radius 1 is 1.09 bits per heavy atom. The van der Waals surface area contributed by atoms with Gasteiger partial charge in [0.2, 0.25) is 0 Å². The van der Waals surface area contributed by atoms with Crippen LogP contribution in [0.15, 0.2) is 24.3 Å². The van der Waals surface area contributed by atoms with Crippen molar-refractivity contribution >= 4 is 5.69 Å². The molecule has 1 saturated heterocycles. The second-order valence-corrected chi connectivity index (χ2v) is 5.42. The Morgan fingerprint density at radius 3 is 2.43 bits per heavy atom. The average molecular weight is 322 g/mol. The van der Waals surface area contributed by atoms with Crippen molar-refractivity contribution in [2.24, 2.45) is 0 Å². The summed E-state index contributed by atoms with van der Waals surface area (Å²) in [6.07, 6.45) is -6.31. The maximum Gasteiger partial charge on any atom is 0.181 e.